The van der Waals surface area contributed by atoms with Crippen LogP contribution in [0.1, 0.15) is 27.9 Å². The molecule has 1 saturated heterocycles. The van der Waals surface area contributed by atoms with Gasteiger partial charge < -0.3 is 10.1 Å². The first kappa shape index (κ1) is 26.2. The van der Waals surface area contributed by atoms with Crippen LogP contribution in [-0.4, -0.2) is 23.1 Å². The smallest absolute Gasteiger partial charge is 0.433 e. The highest BCUT2D eigenvalue weighted by Crippen LogP contribution is 2.35. The van der Waals surface area contributed by atoms with Crippen molar-refractivity contribution in [3.63, 3.8) is 0 Å². The number of aryl methyl sites for hydroxylation is 1. The molecule has 2 aromatic carbocycles. The molecular formula is C26H19F3N4O2S2. The minimum atomic E-state index is -4.63. The van der Waals surface area contributed by atoms with Gasteiger partial charge in [0, 0.05) is 11.3 Å². The third-order valence-corrected chi connectivity index (χ3v) is 6.77. The van der Waals surface area contributed by atoms with E-state index < -0.39 is 11.9 Å². The molecule has 0 radical (unpaired) electrons. The van der Waals surface area contributed by atoms with Crippen LogP contribution in [0.3, 0.4) is 0 Å². The van der Waals surface area contributed by atoms with Crippen LogP contribution in [0.5, 0.6) is 5.75 Å². The normalized spacial score (nSPS) is 14.6. The lowest BCUT2D eigenvalue weighted by atomic mass is 10.1. The van der Waals surface area contributed by atoms with Gasteiger partial charge in [0.25, 0.3) is 5.91 Å². The van der Waals surface area contributed by atoms with Gasteiger partial charge in [-0.05, 0) is 66.7 Å². The Hall–Kier alpha value is -3.88. The number of para-hydroxylation sites is 1. The summed E-state index contributed by atoms with van der Waals surface area (Å²) in [6, 6.07) is 17.0. The molecular weight excluding hydrogens is 521 g/mol. The first-order valence-electron chi connectivity index (χ1n) is 10.8. The van der Waals surface area contributed by atoms with E-state index in [1.807, 2.05) is 12.1 Å². The van der Waals surface area contributed by atoms with Gasteiger partial charge in [0.2, 0.25) is 0 Å². The highest BCUT2D eigenvalue weighted by molar-refractivity contribution is 7.98. The highest BCUT2D eigenvalue weighted by atomic mass is 32.2. The highest BCUT2D eigenvalue weighted by Gasteiger charge is 2.34. The van der Waals surface area contributed by atoms with Gasteiger partial charge in [0.05, 0.1) is 18.4 Å². The molecule has 0 spiro atoms. The maximum atomic E-state index is 13.3. The second-order valence-corrected chi connectivity index (χ2v) is 9.29. The number of amides is 1. The molecule has 0 saturated carbocycles. The molecule has 2 heterocycles. The quantitative estimate of drug-likeness (QED) is 0.239. The zero-order chi connectivity index (χ0) is 26.7. The first-order valence-corrected chi connectivity index (χ1v) is 12.2. The molecule has 1 aliphatic rings. The number of thiocarbonyl (C=S) groups is 1. The third kappa shape index (κ3) is 5.60. The van der Waals surface area contributed by atoms with Gasteiger partial charge >= 0.3 is 6.18 Å². The van der Waals surface area contributed by atoms with E-state index in [9.17, 15) is 23.2 Å². The number of alkyl halides is 3. The number of methoxy groups -OCH3 is 1. The molecule has 0 bridgehead atoms. The number of rotatable bonds is 6. The fraction of sp³-hybridized carbons (Fsp3) is 0.154. The van der Waals surface area contributed by atoms with Gasteiger partial charge in [0.15, 0.2) is 5.11 Å². The van der Waals surface area contributed by atoms with Crippen LogP contribution in [0.25, 0.3) is 6.08 Å². The van der Waals surface area contributed by atoms with E-state index in [0.29, 0.717) is 22.6 Å². The molecule has 0 aliphatic carbocycles. The van der Waals surface area contributed by atoms with Gasteiger partial charge in [-0.15, -0.1) is 11.8 Å². The first-order chi connectivity index (χ1) is 17.6. The van der Waals surface area contributed by atoms with Crippen LogP contribution >= 0.6 is 24.0 Å². The molecule has 188 valence electrons. The molecule has 1 N–H and O–H groups in total. The Bertz CT molecular complexity index is 1450. The summed E-state index contributed by atoms with van der Waals surface area (Å²) < 4.78 is 45.3. The number of hydrogen-bond acceptors (Lipinski definition) is 6. The summed E-state index contributed by atoms with van der Waals surface area (Å²) in [7, 11) is 1.48. The molecule has 1 aromatic heterocycles. The number of halogens is 3. The Morgan fingerprint density at radius 1 is 1.22 bits per heavy atom. The van der Waals surface area contributed by atoms with Crippen molar-refractivity contribution in [1.82, 2.24) is 10.3 Å². The molecule has 4 rings (SSSR count). The van der Waals surface area contributed by atoms with Crippen LogP contribution in [0.4, 0.5) is 18.9 Å². The van der Waals surface area contributed by atoms with Crippen LogP contribution in [0.2, 0.25) is 0 Å². The van der Waals surface area contributed by atoms with E-state index in [1.54, 1.807) is 48.5 Å². The van der Waals surface area contributed by atoms with Crippen molar-refractivity contribution >= 4 is 46.8 Å². The van der Waals surface area contributed by atoms with E-state index >= 15 is 0 Å². The maximum absolute atomic E-state index is 13.3. The Kier molecular flexibility index (Phi) is 7.52. The average molecular weight is 541 g/mol. The summed E-state index contributed by atoms with van der Waals surface area (Å²) >= 11 is 6.34. The fourth-order valence-electron chi connectivity index (χ4n) is 3.69. The second kappa shape index (κ2) is 10.6. The third-order valence-electron chi connectivity index (χ3n) is 5.46. The van der Waals surface area contributed by atoms with E-state index in [1.165, 1.54) is 18.9 Å². The second-order valence-electron chi connectivity index (χ2n) is 7.94. The number of carbonyl (C=O) groups is 1. The zero-order valence-corrected chi connectivity index (χ0v) is 21.2. The Morgan fingerprint density at radius 2 is 1.95 bits per heavy atom. The van der Waals surface area contributed by atoms with Crippen molar-refractivity contribution < 1.29 is 22.7 Å². The van der Waals surface area contributed by atoms with Gasteiger partial charge in [-0.2, -0.15) is 18.4 Å². The number of aromatic nitrogens is 1. The number of nitrogens with one attached hydrogen (secondary N) is 1. The molecule has 1 aliphatic heterocycles. The lowest BCUT2D eigenvalue weighted by molar-refractivity contribution is -0.141. The van der Waals surface area contributed by atoms with E-state index in [0.717, 1.165) is 17.8 Å². The summed E-state index contributed by atoms with van der Waals surface area (Å²) in [4.78, 5) is 18.1. The molecule has 6 nitrogen and oxygen atoms in total. The standard InChI is InChI=1S/C26H19F3N4O2S2/c1-15-10-22(26(27,28)29)32-23(19(15)13-30)37-14-17-11-16(8-9-21(17)35-2)12-20-24(34)33(25(36)31-20)18-6-4-3-5-7-18/h3-12H,14H2,1-2H3,(H,31,36)/b20-12+. The van der Waals surface area contributed by atoms with Crippen molar-refractivity contribution in [2.45, 2.75) is 23.9 Å². The molecule has 3 aromatic rings. The van der Waals surface area contributed by atoms with E-state index in [2.05, 4.69) is 10.3 Å². The molecule has 1 fully saturated rings. The number of nitriles is 1. The van der Waals surface area contributed by atoms with Crippen molar-refractivity contribution in [3.05, 3.63) is 88.2 Å². The number of anilines is 1. The monoisotopic (exact) mass is 540 g/mol. The maximum Gasteiger partial charge on any atom is 0.433 e. The summed E-state index contributed by atoms with van der Waals surface area (Å²) in [5, 5.41) is 12.6. The van der Waals surface area contributed by atoms with Crippen molar-refractivity contribution in [1.29, 1.82) is 5.26 Å². The zero-order valence-electron chi connectivity index (χ0n) is 19.6. The fourth-order valence-corrected chi connectivity index (χ4v) is 5.02. The Morgan fingerprint density at radius 3 is 2.59 bits per heavy atom. The molecule has 11 heteroatoms. The lowest BCUT2D eigenvalue weighted by Gasteiger charge is -2.13. The lowest BCUT2D eigenvalue weighted by Crippen LogP contribution is -2.30. The topological polar surface area (TPSA) is 78.2 Å². The van der Waals surface area contributed by atoms with E-state index in [-0.39, 0.29) is 38.6 Å². The number of benzene rings is 2. The van der Waals surface area contributed by atoms with Crippen molar-refractivity contribution in [3.8, 4) is 11.8 Å². The SMILES string of the molecule is COc1ccc(/C=C2/NC(=S)N(c3ccccc3)C2=O)cc1CSc1nc(C(F)(F)F)cc(C)c1C#N. The number of hydrogen-bond donors (Lipinski definition) is 1. The average Bonchev–Trinajstić information content (AvgIpc) is 3.14. The number of carbonyl (C=O) groups excluding carboxylic acids is 1. The number of pyridine rings is 1. The summed E-state index contributed by atoms with van der Waals surface area (Å²) in [6.07, 6.45) is -2.99. The van der Waals surface area contributed by atoms with Crippen molar-refractivity contribution in [2.75, 3.05) is 12.0 Å². The van der Waals surface area contributed by atoms with Crippen LogP contribution in [-0.2, 0) is 16.7 Å². The minimum Gasteiger partial charge on any atom is -0.496 e. The van der Waals surface area contributed by atoms with Gasteiger partial charge in [-0.25, -0.2) is 4.98 Å². The predicted octanol–water partition coefficient (Wildman–Crippen LogP) is 5.84. The largest absolute Gasteiger partial charge is 0.496 e. The summed E-state index contributed by atoms with van der Waals surface area (Å²) in [5.74, 6) is 0.368. The minimum absolute atomic E-state index is 0.0166. The van der Waals surface area contributed by atoms with Gasteiger partial charge in [-0.3, -0.25) is 9.69 Å². The number of ether oxygens (including phenoxy) is 1. The van der Waals surface area contributed by atoms with Crippen LogP contribution < -0.4 is 15.0 Å². The van der Waals surface area contributed by atoms with E-state index in [4.69, 9.17) is 17.0 Å². The molecule has 1 amide bonds. The number of nitrogens with zero attached hydrogens (tertiary/aromatic N) is 3. The Labute approximate surface area is 220 Å². The summed E-state index contributed by atoms with van der Waals surface area (Å²) in [6.45, 7) is 1.45. The predicted molar refractivity (Wildman–Crippen MR) is 139 cm³/mol. The molecule has 37 heavy (non-hydrogen) atoms. The summed E-state index contributed by atoms with van der Waals surface area (Å²) in [5.41, 5.74) is 1.45. The van der Waals surface area contributed by atoms with Gasteiger partial charge in [-0.1, -0.05) is 24.3 Å². The van der Waals surface area contributed by atoms with Crippen LogP contribution in [0, 0.1) is 18.3 Å². The molecule has 0 unspecified atom stereocenters. The van der Waals surface area contributed by atoms with Crippen molar-refractivity contribution in [2.24, 2.45) is 0 Å². The van der Waals surface area contributed by atoms with Crippen LogP contribution in [0.15, 0.2) is 65.3 Å². The molecule has 0 atom stereocenters. The van der Waals surface area contributed by atoms with Gasteiger partial charge in [0.1, 0.15) is 28.2 Å². The Balaban J connectivity index is 1.62. The number of thioether (sulfide) groups is 1.